The Kier molecular flexibility index (Phi) is 4.46. The molecule has 0 fully saturated rings. The molecular weight excluding hydrogens is 276 g/mol. The lowest BCUT2D eigenvalue weighted by Gasteiger charge is -2.11. The second kappa shape index (κ2) is 6.68. The van der Waals surface area contributed by atoms with Crippen LogP contribution in [0.3, 0.4) is 0 Å². The Morgan fingerprint density at radius 1 is 1.00 bits per heavy atom. The van der Waals surface area contributed by atoms with Gasteiger partial charge in [0.25, 0.3) is 0 Å². The van der Waals surface area contributed by atoms with E-state index in [1.54, 1.807) is 11.8 Å². The molecule has 0 N–H and O–H groups in total. The normalized spacial score (nSPS) is 10.7. The zero-order valence-electron chi connectivity index (χ0n) is 12.0. The van der Waals surface area contributed by atoms with Gasteiger partial charge in [0.1, 0.15) is 5.75 Å². The summed E-state index contributed by atoms with van der Waals surface area (Å²) in [7, 11) is 0. The quantitative estimate of drug-likeness (QED) is 0.607. The lowest BCUT2D eigenvalue weighted by Crippen LogP contribution is -1.96. The van der Waals surface area contributed by atoms with Gasteiger partial charge < -0.3 is 4.74 Å². The third kappa shape index (κ3) is 3.22. The lowest BCUT2D eigenvalue weighted by atomic mass is 10.1. The van der Waals surface area contributed by atoms with Crippen LogP contribution in [0.2, 0.25) is 0 Å². The maximum absolute atomic E-state index is 5.82. The maximum atomic E-state index is 5.82. The van der Waals surface area contributed by atoms with Gasteiger partial charge >= 0.3 is 0 Å². The molecule has 2 heteroatoms. The topological polar surface area (TPSA) is 9.23 Å². The fourth-order valence-corrected chi connectivity index (χ4v) is 3.22. The SMILES string of the molecule is CCCOc1ccc[c]c1Sc1cccc2ccccc12. The van der Waals surface area contributed by atoms with Crippen LogP contribution < -0.4 is 4.74 Å². The molecule has 0 aliphatic heterocycles. The highest BCUT2D eigenvalue weighted by Crippen LogP contribution is 2.37. The molecule has 0 unspecified atom stereocenters. The molecule has 0 saturated carbocycles. The third-order valence-corrected chi connectivity index (χ3v) is 4.30. The smallest absolute Gasteiger partial charge is 0.133 e. The summed E-state index contributed by atoms with van der Waals surface area (Å²) in [5.41, 5.74) is 0. The Balaban J connectivity index is 1.95. The van der Waals surface area contributed by atoms with Crippen molar-refractivity contribution in [2.45, 2.75) is 23.1 Å². The molecule has 0 heterocycles. The van der Waals surface area contributed by atoms with E-state index in [2.05, 4.69) is 55.5 Å². The molecule has 0 bridgehead atoms. The van der Waals surface area contributed by atoms with Gasteiger partial charge in [-0.15, -0.1) is 0 Å². The largest absolute Gasteiger partial charge is 0.492 e. The van der Waals surface area contributed by atoms with E-state index in [1.807, 2.05) is 18.2 Å². The number of fused-ring (bicyclic) bond motifs is 1. The average Bonchev–Trinajstić information content (AvgIpc) is 2.54. The van der Waals surface area contributed by atoms with E-state index >= 15 is 0 Å². The standard InChI is InChI=1S/C19H17OS/c1-2-14-20-17-11-5-6-12-19(17)21-18-13-7-9-15-8-3-4-10-16(15)18/h3-11,13H,2,14H2,1H3. The van der Waals surface area contributed by atoms with Gasteiger partial charge in [0.15, 0.2) is 0 Å². The highest BCUT2D eigenvalue weighted by Gasteiger charge is 2.07. The molecule has 105 valence electrons. The van der Waals surface area contributed by atoms with Crippen LogP contribution in [0.5, 0.6) is 5.75 Å². The first kappa shape index (κ1) is 14.0. The number of benzene rings is 3. The first-order chi connectivity index (χ1) is 10.4. The zero-order chi connectivity index (χ0) is 14.5. The molecule has 3 rings (SSSR count). The Bertz CT molecular complexity index is 731. The summed E-state index contributed by atoms with van der Waals surface area (Å²) in [6.07, 6.45) is 1.01. The van der Waals surface area contributed by atoms with E-state index in [0.717, 1.165) is 23.7 Å². The van der Waals surface area contributed by atoms with Gasteiger partial charge in [-0.1, -0.05) is 67.2 Å². The van der Waals surface area contributed by atoms with Crippen LogP contribution >= 0.6 is 11.8 Å². The molecule has 3 aromatic rings. The molecular formula is C19H17OS. The molecule has 1 radical (unpaired) electrons. The molecule has 0 saturated heterocycles. The minimum atomic E-state index is 0.737. The van der Waals surface area contributed by atoms with E-state index in [1.165, 1.54) is 15.7 Å². The van der Waals surface area contributed by atoms with Crippen LogP contribution in [0, 0.1) is 6.07 Å². The van der Waals surface area contributed by atoms with E-state index in [4.69, 9.17) is 4.74 Å². The second-order valence-corrected chi connectivity index (χ2v) is 5.84. The molecule has 0 aromatic heterocycles. The van der Waals surface area contributed by atoms with Gasteiger partial charge in [0.05, 0.1) is 11.5 Å². The second-order valence-electron chi connectivity index (χ2n) is 4.79. The fourth-order valence-electron chi connectivity index (χ4n) is 2.21. The summed E-state index contributed by atoms with van der Waals surface area (Å²) >= 11 is 1.71. The van der Waals surface area contributed by atoms with Crippen molar-refractivity contribution in [3.63, 3.8) is 0 Å². The minimum Gasteiger partial charge on any atom is -0.492 e. The summed E-state index contributed by atoms with van der Waals surface area (Å²) in [5.74, 6) is 0.914. The molecule has 1 nitrogen and oxygen atoms in total. The van der Waals surface area contributed by atoms with Crippen molar-refractivity contribution in [1.82, 2.24) is 0 Å². The Labute approximate surface area is 130 Å². The highest BCUT2D eigenvalue weighted by atomic mass is 32.2. The van der Waals surface area contributed by atoms with Crippen molar-refractivity contribution in [3.05, 3.63) is 66.7 Å². The number of hydrogen-bond donors (Lipinski definition) is 0. The number of ether oxygens (including phenoxy) is 1. The van der Waals surface area contributed by atoms with Crippen LogP contribution in [-0.2, 0) is 0 Å². The summed E-state index contributed by atoms with van der Waals surface area (Å²) in [4.78, 5) is 2.28. The van der Waals surface area contributed by atoms with Crippen molar-refractivity contribution < 1.29 is 4.74 Å². The van der Waals surface area contributed by atoms with Crippen LogP contribution in [0.15, 0.2) is 70.5 Å². The Morgan fingerprint density at radius 2 is 1.86 bits per heavy atom. The summed E-state index contributed by atoms with van der Waals surface area (Å²) < 4.78 is 5.82. The number of hydrogen-bond acceptors (Lipinski definition) is 2. The van der Waals surface area contributed by atoms with Crippen LogP contribution in [0.4, 0.5) is 0 Å². The first-order valence-corrected chi connectivity index (χ1v) is 7.99. The van der Waals surface area contributed by atoms with Gasteiger partial charge in [-0.2, -0.15) is 0 Å². The van der Waals surface area contributed by atoms with Gasteiger partial charge in [0, 0.05) is 11.0 Å². The molecule has 0 aliphatic carbocycles. The first-order valence-electron chi connectivity index (χ1n) is 7.17. The van der Waals surface area contributed by atoms with Crippen LogP contribution in [0.1, 0.15) is 13.3 Å². The highest BCUT2D eigenvalue weighted by molar-refractivity contribution is 7.99. The van der Waals surface area contributed by atoms with E-state index in [9.17, 15) is 0 Å². The maximum Gasteiger partial charge on any atom is 0.133 e. The molecule has 0 amide bonds. The Morgan fingerprint density at radius 3 is 2.76 bits per heavy atom. The predicted octanol–water partition coefficient (Wildman–Crippen LogP) is 5.58. The van der Waals surface area contributed by atoms with Crippen molar-refractivity contribution in [2.24, 2.45) is 0 Å². The van der Waals surface area contributed by atoms with Crippen LogP contribution in [0.25, 0.3) is 10.8 Å². The predicted molar refractivity (Wildman–Crippen MR) is 89.1 cm³/mol. The number of rotatable bonds is 5. The third-order valence-electron chi connectivity index (χ3n) is 3.21. The molecule has 3 aromatic carbocycles. The van der Waals surface area contributed by atoms with Gasteiger partial charge in [0.2, 0.25) is 0 Å². The van der Waals surface area contributed by atoms with Crippen molar-refractivity contribution in [2.75, 3.05) is 6.61 Å². The summed E-state index contributed by atoms with van der Waals surface area (Å²) in [6, 6.07) is 24.1. The van der Waals surface area contributed by atoms with Gasteiger partial charge in [-0.3, -0.25) is 0 Å². The van der Waals surface area contributed by atoms with Crippen LogP contribution in [-0.4, -0.2) is 6.61 Å². The van der Waals surface area contributed by atoms with E-state index in [0.29, 0.717) is 0 Å². The average molecular weight is 293 g/mol. The van der Waals surface area contributed by atoms with Crippen molar-refractivity contribution in [1.29, 1.82) is 0 Å². The molecule has 0 spiro atoms. The molecule has 0 atom stereocenters. The zero-order valence-corrected chi connectivity index (χ0v) is 12.8. The monoisotopic (exact) mass is 293 g/mol. The van der Waals surface area contributed by atoms with Gasteiger partial charge in [-0.25, -0.2) is 0 Å². The molecule has 0 aliphatic rings. The van der Waals surface area contributed by atoms with E-state index < -0.39 is 0 Å². The van der Waals surface area contributed by atoms with Gasteiger partial charge in [-0.05, 0) is 29.3 Å². The Hall–Kier alpha value is -1.93. The lowest BCUT2D eigenvalue weighted by molar-refractivity contribution is 0.310. The van der Waals surface area contributed by atoms with E-state index in [-0.39, 0.29) is 0 Å². The summed E-state index contributed by atoms with van der Waals surface area (Å²) in [5, 5.41) is 2.53. The molecule has 21 heavy (non-hydrogen) atoms. The van der Waals surface area contributed by atoms with Crippen molar-refractivity contribution in [3.8, 4) is 5.75 Å². The fraction of sp³-hybridized carbons (Fsp3) is 0.158. The van der Waals surface area contributed by atoms with Crippen molar-refractivity contribution >= 4 is 22.5 Å². The summed E-state index contributed by atoms with van der Waals surface area (Å²) in [6.45, 7) is 2.85. The minimum absolute atomic E-state index is 0.737.